The predicted molar refractivity (Wildman–Crippen MR) is 114 cm³/mol. The molecule has 1 aliphatic heterocycles. The van der Waals surface area contributed by atoms with Gasteiger partial charge in [0, 0.05) is 18.1 Å². The van der Waals surface area contributed by atoms with Crippen LogP contribution in [0.1, 0.15) is 29.3 Å². The Kier molecular flexibility index (Phi) is 5.55. The molecule has 3 aromatic rings. The number of nitrogens with one attached hydrogen (secondary N) is 1. The van der Waals surface area contributed by atoms with E-state index in [-0.39, 0.29) is 18.1 Å². The maximum Gasteiger partial charge on any atom is 0.271 e. The second kappa shape index (κ2) is 8.26. The Hall–Kier alpha value is -2.84. The lowest BCUT2D eigenvalue weighted by molar-refractivity contribution is -0.384. The number of fused-ring (bicyclic) bond motifs is 1. The molecule has 150 valence electrons. The van der Waals surface area contributed by atoms with E-state index in [4.69, 9.17) is 4.98 Å². The number of nitrogens with zero attached hydrogens (tertiary/aromatic N) is 3. The monoisotopic (exact) mass is 410 g/mol. The summed E-state index contributed by atoms with van der Waals surface area (Å²) in [5, 5.41) is 15.0. The first-order chi connectivity index (χ1) is 14.0. The lowest BCUT2D eigenvalue weighted by Gasteiger charge is -2.30. The summed E-state index contributed by atoms with van der Waals surface area (Å²) in [5.74, 6) is 0.290. The number of aryl methyl sites for hydroxylation is 1. The van der Waals surface area contributed by atoms with Crippen LogP contribution in [0.3, 0.4) is 0 Å². The smallest absolute Gasteiger partial charge is 0.271 e. The Labute approximate surface area is 172 Å². The predicted octanol–water partition coefficient (Wildman–Crippen LogP) is 4.33. The molecule has 0 radical (unpaired) electrons. The van der Waals surface area contributed by atoms with E-state index < -0.39 is 4.92 Å². The molecule has 1 aromatic heterocycles. The lowest BCUT2D eigenvalue weighted by atomic mass is 9.97. The van der Waals surface area contributed by atoms with Crippen LogP contribution in [0.4, 0.5) is 11.4 Å². The quantitative estimate of drug-likeness (QED) is 0.500. The van der Waals surface area contributed by atoms with Crippen LogP contribution in [0, 0.1) is 17.0 Å². The fourth-order valence-corrected chi connectivity index (χ4v) is 4.79. The third kappa shape index (κ3) is 4.44. The molecule has 1 fully saturated rings. The maximum atomic E-state index is 12.5. The number of anilines is 1. The SMILES string of the molecule is Cc1ccc([N+](=O)[O-])cc1NC(=O)CN1CCC(c2nc3ccccc3s2)CC1. The van der Waals surface area contributed by atoms with Crippen molar-refractivity contribution in [1.82, 2.24) is 9.88 Å². The highest BCUT2D eigenvalue weighted by Crippen LogP contribution is 2.33. The van der Waals surface area contributed by atoms with E-state index in [0.717, 1.165) is 37.0 Å². The molecule has 2 aromatic carbocycles. The standard InChI is InChI=1S/C21H22N4O3S/c1-14-6-7-16(25(27)28)12-18(14)22-20(26)13-24-10-8-15(9-11-24)21-23-17-4-2-3-5-19(17)29-21/h2-7,12,15H,8-11,13H2,1H3,(H,22,26). The first-order valence-corrected chi connectivity index (χ1v) is 10.4. The summed E-state index contributed by atoms with van der Waals surface area (Å²) in [4.78, 5) is 29.9. The highest BCUT2D eigenvalue weighted by Gasteiger charge is 2.24. The normalized spacial score (nSPS) is 15.5. The van der Waals surface area contributed by atoms with Gasteiger partial charge in [-0.15, -0.1) is 11.3 Å². The highest BCUT2D eigenvalue weighted by atomic mass is 32.1. The maximum absolute atomic E-state index is 12.5. The molecule has 0 bridgehead atoms. The number of carbonyl (C=O) groups excluding carboxylic acids is 1. The van der Waals surface area contributed by atoms with Gasteiger partial charge < -0.3 is 5.32 Å². The summed E-state index contributed by atoms with van der Waals surface area (Å²) < 4.78 is 1.22. The number of aromatic nitrogens is 1. The van der Waals surface area contributed by atoms with Gasteiger partial charge in [0.15, 0.2) is 0 Å². The first-order valence-electron chi connectivity index (χ1n) is 9.62. The first kappa shape index (κ1) is 19.5. The molecule has 8 heteroatoms. The fraction of sp³-hybridized carbons (Fsp3) is 0.333. The summed E-state index contributed by atoms with van der Waals surface area (Å²) in [5.41, 5.74) is 2.33. The second-order valence-corrected chi connectivity index (χ2v) is 8.44. The van der Waals surface area contributed by atoms with E-state index in [0.29, 0.717) is 11.6 Å². The molecule has 1 aliphatic rings. The van der Waals surface area contributed by atoms with Gasteiger partial charge in [-0.25, -0.2) is 4.98 Å². The number of likely N-dealkylation sites (tertiary alicyclic amines) is 1. The molecule has 0 unspecified atom stereocenters. The van der Waals surface area contributed by atoms with E-state index in [2.05, 4.69) is 16.3 Å². The summed E-state index contributed by atoms with van der Waals surface area (Å²) >= 11 is 1.76. The third-order valence-corrected chi connectivity index (χ3v) is 6.52. The van der Waals surface area contributed by atoms with Gasteiger partial charge in [0.2, 0.25) is 5.91 Å². The Morgan fingerprint density at radius 3 is 2.76 bits per heavy atom. The van der Waals surface area contributed by atoms with Crippen LogP contribution in [0.2, 0.25) is 0 Å². The minimum absolute atomic E-state index is 0.0254. The van der Waals surface area contributed by atoms with E-state index in [1.54, 1.807) is 17.4 Å². The van der Waals surface area contributed by atoms with E-state index >= 15 is 0 Å². The summed E-state index contributed by atoms with van der Waals surface area (Å²) in [6.45, 7) is 3.78. The number of benzene rings is 2. The van der Waals surface area contributed by atoms with E-state index in [9.17, 15) is 14.9 Å². The van der Waals surface area contributed by atoms with Gasteiger partial charge in [0.25, 0.3) is 5.69 Å². The highest BCUT2D eigenvalue weighted by molar-refractivity contribution is 7.18. The van der Waals surface area contributed by atoms with Crippen molar-refractivity contribution in [2.24, 2.45) is 0 Å². The lowest BCUT2D eigenvalue weighted by Crippen LogP contribution is -2.38. The van der Waals surface area contributed by atoms with Gasteiger partial charge in [-0.05, 0) is 50.6 Å². The van der Waals surface area contributed by atoms with Gasteiger partial charge in [-0.1, -0.05) is 18.2 Å². The number of carbonyl (C=O) groups is 1. The Bertz CT molecular complexity index is 1020. The van der Waals surface area contributed by atoms with E-state index in [1.807, 2.05) is 25.1 Å². The van der Waals surface area contributed by atoms with Crippen molar-refractivity contribution >= 4 is 38.8 Å². The molecule has 7 nitrogen and oxygen atoms in total. The molecular formula is C21H22N4O3S. The second-order valence-electron chi connectivity index (χ2n) is 7.37. The van der Waals surface area contributed by atoms with Crippen LogP contribution >= 0.6 is 11.3 Å². The van der Waals surface area contributed by atoms with Crippen molar-refractivity contribution < 1.29 is 9.72 Å². The number of hydrogen-bond donors (Lipinski definition) is 1. The van der Waals surface area contributed by atoms with Gasteiger partial charge in [0.05, 0.1) is 32.4 Å². The van der Waals surface area contributed by atoms with Crippen LogP contribution in [0.15, 0.2) is 42.5 Å². The number of amides is 1. The zero-order valence-corrected chi connectivity index (χ0v) is 16.9. The van der Waals surface area contributed by atoms with Crippen molar-refractivity contribution in [1.29, 1.82) is 0 Å². The molecule has 0 atom stereocenters. The number of nitro groups is 1. The largest absolute Gasteiger partial charge is 0.324 e. The number of piperidine rings is 1. The molecule has 1 saturated heterocycles. The Morgan fingerprint density at radius 2 is 2.03 bits per heavy atom. The van der Waals surface area contributed by atoms with Crippen molar-refractivity contribution in [3.05, 3.63) is 63.1 Å². The van der Waals surface area contributed by atoms with Crippen LogP contribution in [0.25, 0.3) is 10.2 Å². The average molecular weight is 410 g/mol. The minimum atomic E-state index is -0.456. The third-order valence-electron chi connectivity index (χ3n) is 5.32. The molecule has 1 amide bonds. The van der Waals surface area contributed by atoms with Crippen LogP contribution < -0.4 is 5.32 Å². The fourth-order valence-electron chi connectivity index (χ4n) is 3.65. The number of hydrogen-bond acceptors (Lipinski definition) is 6. The number of para-hydroxylation sites is 1. The molecular weight excluding hydrogens is 388 g/mol. The molecule has 0 saturated carbocycles. The summed E-state index contributed by atoms with van der Waals surface area (Å²) in [6.07, 6.45) is 1.95. The zero-order chi connectivity index (χ0) is 20.4. The molecule has 0 spiro atoms. The Morgan fingerprint density at radius 1 is 1.28 bits per heavy atom. The van der Waals surface area contributed by atoms with Crippen LogP contribution in [-0.4, -0.2) is 40.3 Å². The average Bonchev–Trinajstić information content (AvgIpc) is 3.14. The van der Waals surface area contributed by atoms with Crippen molar-refractivity contribution in [2.75, 3.05) is 25.0 Å². The molecule has 29 heavy (non-hydrogen) atoms. The van der Waals surface area contributed by atoms with Crippen molar-refractivity contribution in [2.45, 2.75) is 25.7 Å². The number of rotatable bonds is 5. The van der Waals surface area contributed by atoms with Crippen LogP contribution in [0.5, 0.6) is 0 Å². The van der Waals surface area contributed by atoms with Crippen LogP contribution in [-0.2, 0) is 4.79 Å². The number of thiazole rings is 1. The molecule has 0 aliphatic carbocycles. The van der Waals surface area contributed by atoms with Crippen molar-refractivity contribution in [3.63, 3.8) is 0 Å². The molecule has 4 rings (SSSR count). The zero-order valence-electron chi connectivity index (χ0n) is 16.1. The molecule has 1 N–H and O–H groups in total. The van der Waals surface area contributed by atoms with Gasteiger partial charge >= 0.3 is 0 Å². The van der Waals surface area contributed by atoms with Crippen molar-refractivity contribution in [3.8, 4) is 0 Å². The Balaban J connectivity index is 1.33. The topological polar surface area (TPSA) is 88.4 Å². The van der Waals surface area contributed by atoms with Gasteiger partial charge in [-0.2, -0.15) is 0 Å². The van der Waals surface area contributed by atoms with Gasteiger partial charge in [-0.3, -0.25) is 19.8 Å². The minimum Gasteiger partial charge on any atom is -0.324 e. The molecule has 2 heterocycles. The van der Waals surface area contributed by atoms with Gasteiger partial charge in [0.1, 0.15) is 0 Å². The van der Waals surface area contributed by atoms with E-state index in [1.165, 1.54) is 21.8 Å². The number of nitro benzene ring substituents is 1. The number of non-ortho nitro benzene ring substituents is 1. The summed E-state index contributed by atoms with van der Waals surface area (Å²) in [7, 11) is 0. The summed E-state index contributed by atoms with van der Waals surface area (Å²) in [6, 6.07) is 12.7.